The monoisotopic (exact) mass is 174 g/mol. The Morgan fingerprint density at radius 2 is 1.92 bits per heavy atom. The van der Waals surface area contributed by atoms with Crippen LogP contribution in [-0.4, -0.2) is 46.3 Å². The normalized spacial score (nSPS) is 43.7. The lowest BCUT2D eigenvalue weighted by molar-refractivity contribution is -0.173. The molecule has 3 N–H and O–H groups in total. The molecule has 0 aromatic rings. The van der Waals surface area contributed by atoms with Crippen LogP contribution in [0.4, 0.5) is 0 Å². The maximum absolute atomic E-state index is 9.35. The van der Waals surface area contributed by atoms with Gasteiger partial charge in [-0.1, -0.05) is 12.2 Å². The Morgan fingerprint density at radius 3 is 2.50 bits per heavy atom. The van der Waals surface area contributed by atoms with Gasteiger partial charge >= 0.3 is 0 Å². The molecule has 0 spiro atoms. The van der Waals surface area contributed by atoms with Crippen molar-refractivity contribution in [1.82, 2.24) is 0 Å². The summed E-state index contributed by atoms with van der Waals surface area (Å²) < 4.78 is 5.07. The molecule has 12 heavy (non-hydrogen) atoms. The van der Waals surface area contributed by atoms with E-state index in [1.165, 1.54) is 0 Å². The molecule has 0 amide bonds. The number of allylic oxidation sites excluding steroid dienone is 1. The van der Waals surface area contributed by atoms with Crippen molar-refractivity contribution in [3.63, 3.8) is 0 Å². The minimum Gasteiger partial charge on any atom is -0.388 e. The van der Waals surface area contributed by atoms with Gasteiger partial charge < -0.3 is 20.1 Å². The Morgan fingerprint density at radius 1 is 1.25 bits per heavy atom. The average Bonchev–Trinajstić information content (AvgIpc) is 2.07. The Balaban J connectivity index is 2.58. The van der Waals surface area contributed by atoms with E-state index < -0.39 is 24.4 Å². The van der Waals surface area contributed by atoms with Crippen LogP contribution in [0.2, 0.25) is 0 Å². The molecule has 0 radical (unpaired) electrons. The minimum absolute atomic E-state index is 0.0627. The van der Waals surface area contributed by atoms with Crippen LogP contribution in [-0.2, 0) is 4.74 Å². The molecule has 4 nitrogen and oxygen atoms in total. The molecule has 1 rings (SSSR count). The van der Waals surface area contributed by atoms with Crippen LogP contribution in [0.3, 0.4) is 0 Å². The molecule has 0 aliphatic carbocycles. The van der Waals surface area contributed by atoms with Crippen molar-refractivity contribution in [2.24, 2.45) is 0 Å². The molecular weight excluding hydrogens is 160 g/mol. The first-order chi connectivity index (χ1) is 5.66. The number of ether oxygens (including phenoxy) is 1. The second-order valence-electron chi connectivity index (χ2n) is 2.87. The van der Waals surface area contributed by atoms with Crippen molar-refractivity contribution in [3.05, 3.63) is 12.2 Å². The SMILES string of the molecule is C/C=C/C1OCC(O)C(O)C1O. The van der Waals surface area contributed by atoms with E-state index in [1.54, 1.807) is 19.1 Å². The lowest BCUT2D eigenvalue weighted by Gasteiger charge is -2.33. The van der Waals surface area contributed by atoms with Crippen LogP contribution in [0.25, 0.3) is 0 Å². The molecule has 1 aliphatic heterocycles. The number of hydrogen-bond acceptors (Lipinski definition) is 4. The van der Waals surface area contributed by atoms with E-state index in [0.29, 0.717) is 0 Å². The highest BCUT2D eigenvalue weighted by atomic mass is 16.5. The Labute approximate surface area is 71.1 Å². The summed E-state index contributed by atoms with van der Waals surface area (Å²) in [7, 11) is 0. The van der Waals surface area contributed by atoms with Crippen LogP contribution in [0, 0.1) is 0 Å². The minimum atomic E-state index is -1.11. The topological polar surface area (TPSA) is 69.9 Å². The molecule has 1 heterocycles. The Hall–Kier alpha value is -0.420. The standard InChI is InChI=1S/C8H14O4/c1-2-3-6-8(11)7(10)5(9)4-12-6/h2-3,5-11H,4H2,1H3/b3-2+. The maximum Gasteiger partial charge on any atom is 0.112 e. The molecule has 1 aliphatic rings. The largest absolute Gasteiger partial charge is 0.388 e. The summed E-state index contributed by atoms with van der Waals surface area (Å²) in [5, 5.41) is 27.7. The fraction of sp³-hybridized carbons (Fsp3) is 0.750. The molecular formula is C8H14O4. The average molecular weight is 174 g/mol. The van der Waals surface area contributed by atoms with Crippen molar-refractivity contribution in [2.75, 3.05) is 6.61 Å². The smallest absolute Gasteiger partial charge is 0.112 e. The summed E-state index contributed by atoms with van der Waals surface area (Å²) in [6.45, 7) is 1.86. The number of aliphatic hydroxyl groups is 3. The Bertz CT molecular complexity index is 168. The first-order valence-corrected chi connectivity index (χ1v) is 3.95. The highest BCUT2D eigenvalue weighted by Gasteiger charge is 2.35. The summed E-state index contributed by atoms with van der Waals surface area (Å²) in [5.74, 6) is 0. The number of aliphatic hydroxyl groups excluding tert-OH is 3. The fourth-order valence-electron chi connectivity index (χ4n) is 1.19. The lowest BCUT2D eigenvalue weighted by Crippen LogP contribution is -2.52. The van der Waals surface area contributed by atoms with Gasteiger partial charge in [-0.05, 0) is 6.92 Å². The predicted molar refractivity (Wildman–Crippen MR) is 42.6 cm³/mol. The second kappa shape index (κ2) is 4.00. The first kappa shape index (κ1) is 9.67. The van der Waals surface area contributed by atoms with Crippen LogP contribution in [0.5, 0.6) is 0 Å². The number of rotatable bonds is 1. The predicted octanol–water partition coefficient (Wildman–Crippen LogP) is -0.956. The van der Waals surface area contributed by atoms with Crippen LogP contribution in [0.1, 0.15) is 6.92 Å². The van der Waals surface area contributed by atoms with E-state index in [-0.39, 0.29) is 6.61 Å². The van der Waals surface area contributed by atoms with Crippen molar-refractivity contribution in [1.29, 1.82) is 0 Å². The van der Waals surface area contributed by atoms with Gasteiger partial charge in [0.15, 0.2) is 0 Å². The number of hydrogen-bond donors (Lipinski definition) is 3. The van der Waals surface area contributed by atoms with Crippen molar-refractivity contribution < 1.29 is 20.1 Å². The molecule has 4 unspecified atom stereocenters. The van der Waals surface area contributed by atoms with Gasteiger partial charge in [0.2, 0.25) is 0 Å². The van der Waals surface area contributed by atoms with E-state index >= 15 is 0 Å². The van der Waals surface area contributed by atoms with Gasteiger partial charge in [0.05, 0.1) is 6.61 Å². The lowest BCUT2D eigenvalue weighted by atomic mass is 10.00. The molecule has 0 aromatic heterocycles. The highest BCUT2D eigenvalue weighted by molar-refractivity contribution is 4.98. The molecule has 70 valence electrons. The van der Waals surface area contributed by atoms with Gasteiger partial charge in [0.25, 0.3) is 0 Å². The summed E-state index contributed by atoms with van der Waals surface area (Å²) in [5.41, 5.74) is 0. The fourth-order valence-corrected chi connectivity index (χ4v) is 1.19. The van der Waals surface area contributed by atoms with Crippen molar-refractivity contribution in [3.8, 4) is 0 Å². The Kier molecular flexibility index (Phi) is 3.22. The summed E-state index contributed by atoms with van der Waals surface area (Å²) in [4.78, 5) is 0. The third-order valence-electron chi connectivity index (χ3n) is 1.92. The van der Waals surface area contributed by atoms with E-state index in [0.717, 1.165) is 0 Å². The molecule has 4 atom stereocenters. The first-order valence-electron chi connectivity index (χ1n) is 3.95. The van der Waals surface area contributed by atoms with E-state index in [1.807, 2.05) is 0 Å². The summed E-state index contributed by atoms with van der Waals surface area (Å²) in [6.07, 6.45) is -0.252. The third-order valence-corrected chi connectivity index (χ3v) is 1.92. The zero-order valence-electron chi connectivity index (χ0n) is 6.92. The quantitative estimate of drug-likeness (QED) is 0.448. The van der Waals surface area contributed by atoms with Gasteiger partial charge in [-0.15, -0.1) is 0 Å². The molecule has 0 bridgehead atoms. The van der Waals surface area contributed by atoms with Crippen LogP contribution < -0.4 is 0 Å². The summed E-state index contributed by atoms with van der Waals surface area (Å²) >= 11 is 0. The molecule has 0 saturated carbocycles. The van der Waals surface area contributed by atoms with E-state index in [9.17, 15) is 10.2 Å². The van der Waals surface area contributed by atoms with Gasteiger partial charge in [-0.25, -0.2) is 0 Å². The molecule has 1 saturated heterocycles. The van der Waals surface area contributed by atoms with Crippen molar-refractivity contribution in [2.45, 2.75) is 31.3 Å². The molecule has 1 fully saturated rings. The van der Waals surface area contributed by atoms with Crippen LogP contribution >= 0.6 is 0 Å². The summed E-state index contributed by atoms with van der Waals surface area (Å²) in [6, 6.07) is 0. The second-order valence-corrected chi connectivity index (χ2v) is 2.87. The zero-order valence-corrected chi connectivity index (χ0v) is 6.92. The third kappa shape index (κ3) is 1.84. The van der Waals surface area contributed by atoms with E-state index in [4.69, 9.17) is 9.84 Å². The van der Waals surface area contributed by atoms with Crippen LogP contribution in [0.15, 0.2) is 12.2 Å². The molecule has 4 heteroatoms. The van der Waals surface area contributed by atoms with Gasteiger partial charge in [0, 0.05) is 0 Å². The highest BCUT2D eigenvalue weighted by Crippen LogP contribution is 2.16. The van der Waals surface area contributed by atoms with Crippen molar-refractivity contribution >= 4 is 0 Å². The van der Waals surface area contributed by atoms with E-state index in [2.05, 4.69) is 0 Å². The maximum atomic E-state index is 9.35. The van der Waals surface area contributed by atoms with Gasteiger partial charge in [-0.3, -0.25) is 0 Å². The van der Waals surface area contributed by atoms with Gasteiger partial charge in [-0.2, -0.15) is 0 Å². The van der Waals surface area contributed by atoms with Gasteiger partial charge in [0.1, 0.15) is 24.4 Å². The zero-order chi connectivity index (χ0) is 9.14. The molecule has 0 aromatic carbocycles.